The van der Waals surface area contributed by atoms with Crippen LogP contribution in [0.25, 0.3) is 0 Å². The molecule has 2 aromatic rings. The fourth-order valence-corrected chi connectivity index (χ4v) is 4.56. The number of fused-ring (bicyclic) bond motifs is 1. The van der Waals surface area contributed by atoms with Crippen LogP contribution in [0.3, 0.4) is 0 Å². The number of benzene rings is 2. The fraction of sp³-hybridized carbons (Fsp3) is 0.250. The van der Waals surface area contributed by atoms with Crippen molar-refractivity contribution in [2.45, 2.75) is 19.8 Å². The third-order valence-electron chi connectivity index (χ3n) is 5.90. The van der Waals surface area contributed by atoms with Gasteiger partial charge in [0.05, 0.1) is 21.9 Å². The Kier molecular flexibility index (Phi) is 6.61. The molecule has 0 bridgehead atoms. The maximum atomic E-state index is 13.5. The van der Waals surface area contributed by atoms with Gasteiger partial charge in [0.25, 0.3) is 17.7 Å². The van der Waals surface area contributed by atoms with Crippen LogP contribution in [-0.2, 0) is 9.59 Å². The van der Waals surface area contributed by atoms with Crippen molar-refractivity contribution in [1.82, 2.24) is 10.0 Å². The zero-order valence-electron chi connectivity index (χ0n) is 17.6. The van der Waals surface area contributed by atoms with Crippen molar-refractivity contribution in [3.05, 3.63) is 80.3 Å². The van der Waals surface area contributed by atoms with E-state index in [0.29, 0.717) is 23.4 Å². The summed E-state index contributed by atoms with van der Waals surface area (Å²) in [4.78, 5) is 53.0. The zero-order chi connectivity index (χ0) is 23.9. The molecule has 0 spiro atoms. The molecule has 0 radical (unpaired) electrons. The highest BCUT2D eigenvalue weighted by molar-refractivity contribution is 6.42. The summed E-state index contributed by atoms with van der Waals surface area (Å²) in [6, 6.07) is 10.4. The summed E-state index contributed by atoms with van der Waals surface area (Å²) in [7, 11) is 0. The monoisotopic (exact) mass is 504 g/mol. The molecule has 1 fully saturated rings. The first kappa shape index (κ1) is 23.5. The molecule has 33 heavy (non-hydrogen) atoms. The number of ketones is 1. The van der Waals surface area contributed by atoms with Crippen molar-refractivity contribution in [2.24, 2.45) is 11.8 Å². The number of Topliss-reactive ketones (excluding diaryl/α,β-unsaturated/α-hetero) is 1. The summed E-state index contributed by atoms with van der Waals surface area (Å²) in [6.45, 7) is 1.39. The number of allylic oxidation sites excluding steroid dienone is 2. The molecule has 1 saturated heterocycles. The third kappa shape index (κ3) is 4.56. The number of hydrogen-bond donors (Lipinski definition) is 0. The van der Waals surface area contributed by atoms with Crippen molar-refractivity contribution in [3.63, 3.8) is 0 Å². The number of imide groups is 1. The van der Waals surface area contributed by atoms with E-state index in [9.17, 15) is 19.2 Å². The number of hydrazine groups is 1. The van der Waals surface area contributed by atoms with Gasteiger partial charge in [0.15, 0.2) is 5.78 Å². The first-order valence-electron chi connectivity index (χ1n) is 10.3. The lowest BCUT2D eigenvalue weighted by Gasteiger charge is -2.30. The highest BCUT2D eigenvalue weighted by Gasteiger charge is 2.51. The summed E-state index contributed by atoms with van der Waals surface area (Å²) in [6.07, 6.45) is 2.78. The number of carbonyl (C=O) groups excluding carboxylic acids is 4. The van der Waals surface area contributed by atoms with Crippen LogP contribution < -0.4 is 0 Å². The first-order valence-corrected chi connectivity index (χ1v) is 11.4. The maximum absolute atomic E-state index is 13.5. The van der Waals surface area contributed by atoms with Crippen LogP contribution in [-0.4, -0.2) is 40.1 Å². The zero-order valence-corrected chi connectivity index (χ0v) is 19.8. The van der Waals surface area contributed by atoms with Crippen LogP contribution in [0.1, 0.15) is 40.5 Å². The second-order valence-corrected chi connectivity index (χ2v) is 9.36. The smallest absolute Gasteiger partial charge is 0.273 e. The number of nitrogens with zero attached hydrogens (tertiary/aromatic N) is 2. The Hall–Kier alpha value is -2.67. The molecule has 2 aromatic carbocycles. The Bertz CT molecular complexity index is 1190. The fourth-order valence-electron chi connectivity index (χ4n) is 4.13. The second-order valence-electron chi connectivity index (χ2n) is 8.11. The average Bonchev–Trinajstić information content (AvgIpc) is 3.03. The molecule has 3 amide bonds. The Morgan fingerprint density at radius 1 is 0.939 bits per heavy atom. The van der Waals surface area contributed by atoms with Crippen LogP contribution in [0.2, 0.25) is 15.1 Å². The minimum atomic E-state index is -0.707. The van der Waals surface area contributed by atoms with E-state index in [4.69, 9.17) is 34.8 Å². The third-order valence-corrected chi connectivity index (χ3v) is 6.89. The quantitative estimate of drug-likeness (QED) is 0.317. The van der Waals surface area contributed by atoms with Crippen LogP contribution in [0.4, 0.5) is 0 Å². The molecule has 1 aliphatic heterocycles. The second kappa shape index (κ2) is 9.29. The summed E-state index contributed by atoms with van der Waals surface area (Å²) in [5.41, 5.74) is 1.40. The molecule has 0 unspecified atom stereocenters. The lowest BCUT2D eigenvalue weighted by Crippen LogP contribution is -2.52. The average molecular weight is 506 g/mol. The van der Waals surface area contributed by atoms with Crippen molar-refractivity contribution >= 4 is 58.3 Å². The molecular weight excluding hydrogens is 487 g/mol. The Morgan fingerprint density at radius 3 is 2.24 bits per heavy atom. The van der Waals surface area contributed by atoms with Crippen LogP contribution in [0.15, 0.2) is 54.1 Å². The van der Waals surface area contributed by atoms with E-state index in [1.165, 1.54) is 30.3 Å². The van der Waals surface area contributed by atoms with Gasteiger partial charge in [-0.3, -0.25) is 19.2 Å². The maximum Gasteiger partial charge on any atom is 0.273 e. The predicted molar refractivity (Wildman–Crippen MR) is 125 cm³/mol. The van der Waals surface area contributed by atoms with Crippen LogP contribution >= 0.6 is 34.8 Å². The molecule has 6 nitrogen and oxygen atoms in total. The van der Waals surface area contributed by atoms with E-state index in [1.54, 1.807) is 12.1 Å². The summed E-state index contributed by atoms with van der Waals surface area (Å²) in [5.74, 6) is -3.26. The minimum Gasteiger partial charge on any atom is -0.292 e. The largest absolute Gasteiger partial charge is 0.292 e. The lowest BCUT2D eigenvalue weighted by molar-refractivity contribution is -0.154. The lowest BCUT2D eigenvalue weighted by atomic mass is 9.82. The molecule has 0 N–H and O–H groups in total. The standard InChI is InChI=1S/C24H19Cl3N2O4/c1-13-2-8-17-18(10-13)24(33)29(23(17)32)28(12-21(30)14-3-6-16(25)7-4-14)22(31)15-5-9-19(26)20(27)11-15/h2-7,9,11,17-18H,8,10,12H2,1H3/t17-,18-/m0/s1. The summed E-state index contributed by atoms with van der Waals surface area (Å²) >= 11 is 17.9. The molecule has 4 rings (SSSR count). The molecule has 170 valence electrons. The molecule has 1 heterocycles. The van der Waals surface area contributed by atoms with E-state index in [2.05, 4.69) is 0 Å². The van der Waals surface area contributed by atoms with E-state index >= 15 is 0 Å². The molecule has 1 aliphatic carbocycles. The van der Waals surface area contributed by atoms with E-state index in [-0.39, 0.29) is 15.6 Å². The van der Waals surface area contributed by atoms with E-state index in [1.807, 2.05) is 13.0 Å². The van der Waals surface area contributed by atoms with Crippen molar-refractivity contribution in [1.29, 1.82) is 0 Å². The van der Waals surface area contributed by atoms with Gasteiger partial charge in [0.2, 0.25) is 0 Å². The topological polar surface area (TPSA) is 74.8 Å². The molecule has 2 atom stereocenters. The van der Waals surface area contributed by atoms with Gasteiger partial charge in [0.1, 0.15) is 6.54 Å². The highest BCUT2D eigenvalue weighted by atomic mass is 35.5. The Morgan fingerprint density at radius 2 is 1.58 bits per heavy atom. The number of hydrogen-bond acceptors (Lipinski definition) is 4. The molecule has 9 heteroatoms. The van der Waals surface area contributed by atoms with Crippen LogP contribution in [0.5, 0.6) is 0 Å². The van der Waals surface area contributed by atoms with Gasteiger partial charge < -0.3 is 0 Å². The van der Waals surface area contributed by atoms with Crippen molar-refractivity contribution in [3.8, 4) is 0 Å². The normalized spacial score (nSPS) is 19.9. The van der Waals surface area contributed by atoms with E-state index < -0.39 is 41.9 Å². The van der Waals surface area contributed by atoms with Gasteiger partial charge in [-0.15, -0.1) is 0 Å². The molecule has 0 aromatic heterocycles. The molecular formula is C24H19Cl3N2O4. The van der Waals surface area contributed by atoms with E-state index in [0.717, 1.165) is 15.6 Å². The minimum absolute atomic E-state index is 0.0954. The predicted octanol–water partition coefficient (Wildman–Crippen LogP) is 5.23. The van der Waals surface area contributed by atoms with Gasteiger partial charge in [0, 0.05) is 16.1 Å². The summed E-state index contributed by atoms with van der Waals surface area (Å²) in [5, 5.41) is 2.58. The Labute approximate surface area is 205 Å². The number of carbonyl (C=O) groups is 4. The van der Waals surface area contributed by atoms with Crippen molar-refractivity contribution in [2.75, 3.05) is 6.54 Å². The summed E-state index contributed by atoms with van der Waals surface area (Å²) < 4.78 is 0. The van der Waals surface area contributed by atoms with Crippen LogP contribution in [0, 0.1) is 11.8 Å². The van der Waals surface area contributed by atoms with Gasteiger partial charge in [-0.2, -0.15) is 5.01 Å². The highest BCUT2D eigenvalue weighted by Crippen LogP contribution is 2.38. The van der Waals surface area contributed by atoms with Gasteiger partial charge in [-0.1, -0.05) is 46.5 Å². The molecule has 2 aliphatic rings. The molecule has 0 saturated carbocycles. The van der Waals surface area contributed by atoms with Gasteiger partial charge in [-0.05, 0) is 62.2 Å². The number of rotatable bonds is 5. The van der Waals surface area contributed by atoms with Gasteiger partial charge in [-0.25, -0.2) is 5.01 Å². The van der Waals surface area contributed by atoms with Gasteiger partial charge >= 0.3 is 0 Å². The number of amides is 3. The number of halogens is 3. The SMILES string of the molecule is CC1=CC[C@@H]2C(=O)N(N(CC(=O)c3ccc(Cl)cc3)C(=O)c3ccc(Cl)c(Cl)c3)C(=O)[C@H]2C1. The van der Waals surface area contributed by atoms with Crippen molar-refractivity contribution < 1.29 is 19.2 Å². The Balaban J connectivity index is 1.71. The first-order chi connectivity index (χ1) is 15.7.